The zero-order valence-electron chi connectivity index (χ0n) is 16.4. The fraction of sp³-hybridized carbons (Fsp3) is 0.167. The fourth-order valence-electron chi connectivity index (χ4n) is 4.11. The molecule has 0 aromatic heterocycles. The molecule has 0 fully saturated rings. The number of esters is 1. The van der Waals surface area contributed by atoms with Crippen molar-refractivity contribution in [3.05, 3.63) is 95.1 Å². The van der Waals surface area contributed by atoms with Gasteiger partial charge in [-0.15, -0.1) is 0 Å². The second kappa shape index (κ2) is 7.91. The molecule has 1 aliphatic rings. The van der Waals surface area contributed by atoms with Crippen LogP contribution in [0.15, 0.2) is 72.8 Å². The molecule has 158 valence electrons. The molecule has 4 rings (SSSR count). The molecule has 0 saturated carbocycles. The van der Waals surface area contributed by atoms with Crippen LogP contribution in [0, 0.1) is 0 Å². The van der Waals surface area contributed by atoms with Crippen molar-refractivity contribution in [3.8, 4) is 11.1 Å². The van der Waals surface area contributed by atoms with Gasteiger partial charge in [-0.05, 0) is 34.4 Å². The van der Waals surface area contributed by atoms with Crippen LogP contribution in [-0.4, -0.2) is 25.0 Å². The number of rotatable bonds is 4. The van der Waals surface area contributed by atoms with E-state index in [0.29, 0.717) is 0 Å². The second-order valence-corrected chi connectivity index (χ2v) is 7.17. The van der Waals surface area contributed by atoms with Crippen molar-refractivity contribution in [3.63, 3.8) is 0 Å². The first-order valence-electron chi connectivity index (χ1n) is 9.56. The summed E-state index contributed by atoms with van der Waals surface area (Å²) in [7, 11) is 1.18. The van der Waals surface area contributed by atoms with Gasteiger partial charge in [-0.25, -0.2) is 4.79 Å². The quantitative estimate of drug-likeness (QED) is 0.612. The third kappa shape index (κ3) is 3.67. The van der Waals surface area contributed by atoms with Crippen molar-refractivity contribution in [2.45, 2.75) is 18.1 Å². The SMILES string of the molecule is COC(=O)[C@H](NC(=O)c1ccccc1C(F)(F)F)C1c2ccccc2-c2ccccc21. The normalized spacial score (nSPS) is 13.8. The Bertz CT molecular complexity index is 1110. The van der Waals surface area contributed by atoms with Gasteiger partial charge in [0, 0.05) is 5.92 Å². The van der Waals surface area contributed by atoms with Crippen molar-refractivity contribution in [1.29, 1.82) is 0 Å². The Balaban J connectivity index is 1.77. The van der Waals surface area contributed by atoms with Crippen LogP contribution < -0.4 is 5.32 Å². The Morgan fingerprint density at radius 2 is 1.39 bits per heavy atom. The summed E-state index contributed by atoms with van der Waals surface area (Å²) in [6, 6.07) is 18.1. The third-order valence-electron chi connectivity index (χ3n) is 5.43. The molecule has 0 bridgehead atoms. The maximum absolute atomic E-state index is 13.4. The molecule has 0 spiro atoms. The van der Waals surface area contributed by atoms with Gasteiger partial charge in [0.25, 0.3) is 5.91 Å². The van der Waals surface area contributed by atoms with Crippen molar-refractivity contribution >= 4 is 11.9 Å². The molecule has 0 unspecified atom stereocenters. The maximum atomic E-state index is 13.4. The molecule has 3 aromatic rings. The van der Waals surface area contributed by atoms with Gasteiger partial charge in [0.2, 0.25) is 0 Å². The largest absolute Gasteiger partial charge is 0.467 e. The smallest absolute Gasteiger partial charge is 0.417 e. The van der Waals surface area contributed by atoms with Crippen LogP contribution in [0.4, 0.5) is 13.2 Å². The zero-order chi connectivity index (χ0) is 22.2. The standard InChI is InChI=1S/C24H18F3NO3/c1-31-23(30)21(28-22(29)18-12-6-7-13-19(18)24(25,26)27)20-16-10-4-2-8-14(16)15-9-3-5-11-17(15)20/h2-13,20-21H,1H3,(H,28,29)/t21-/m1/s1. The lowest BCUT2D eigenvalue weighted by atomic mass is 9.89. The number of methoxy groups -OCH3 is 1. The van der Waals surface area contributed by atoms with Crippen molar-refractivity contribution < 1.29 is 27.5 Å². The second-order valence-electron chi connectivity index (χ2n) is 7.17. The van der Waals surface area contributed by atoms with Crippen LogP contribution in [-0.2, 0) is 15.7 Å². The van der Waals surface area contributed by atoms with Gasteiger partial charge in [-0.3, -0.25) is 4.79 Å². The van der Waals surface area contributed by atoms with E-state index in [1.165, 1.54) is 19.2 Å². The van der Waals surface area contributed by atoms with E-state index in [0.717, 1.165) is 34.4 Å². The van der Waals surface area contributed by atoms with Crippen LogP contribution in [0.25, 0.3) is 11.1 Å². The van der Waals surface area contributed by atoms with Gasteiger partial charge >= 0.3 is 12.1 Å². The van der Waals surface area contributed by atoms with E-state index in [1.54, 1.807) is 0 Å². The summed E-state index contributed by atoms with van der Waals surface area (Å²) in [4.78, 5) is 25.6. The fourth-order valence-corrected chi connectivity index (χ4v) is 4.11. The van der Waals surface area contributed by atoms with Crippen LogP contribution in [0.2, 0.25) is 0 Å². The summed E-state index contributed by atoms with van der Waals surface area (Å²) in [6.45, 7) is 0. The minimum Gasteiger partial charge on any atom is -0.467 e. The van der Waals surface area contributed by atoms with Crippen LogP contribution in [0.3, 0.4) is 0 Å². The molecular weight excluding hydrogens is 407 g/mol. The molecule has 31 heavy (non-hydrogen) atoms. The van der Waals surface area contributed by atoms with Gasteiger partial charge in [-0.2, -0.15) is 13.2 Å². The lowest BCUT2D eigenvalue weighted by Crippen LogP contribution is -2.46. The lowest BCUT2D eigenvalue weighted by molar-refractivity contribution is -0.143. The highest BCUT2D eigenvalue weighted by molar-refractivity contribution is 5.99. The van der Waals surface area contributed by atoms with Crippen LogP contribution in [0.5, 0.6) is 0 Å². The molecule has 1 atom stereocenters. The van der Waals surface area contributed by atoms with Crippen LogP contribution >= 0.6 is 0 Å². The van der Waals surface area contributed by atoms with E-state index in [2.05, 4.69) is 5.32 Å². The summed E-state index contributed by atoms with van der Waals surface area (Å²) < 4.78 is 45.1. The lowest BCUT2D eigenvalue weighted by Gasteiger charge is -2.25. The highest BCUT2D eigenvalue weighted by atomic mass is 19.4. The number of ether oxygens (including phenoxy) is 1. The van der Waals surface area contributed by atoms with E-state index >= 15 is 0 Å². The number of nitrogens with one attached hydrogen (secondary N) is 1. The van der Waals surface area contributed by atoms with E-state index in [-0.39, 0.29) is 0 Å². The Kier molecular flexibility index (Phi) is 5.27. The molecule has 3 aromatic carbocycles. The topological polar surface area (TPSA) is 55.4 Å². The number of alkyl halides is 3. The van der Waals surface area contributed by atoms with E-state index < -0.39 is 41.1 Å². The Morgan fingerprint density at radius 1 is 0.871 bits per heavy atom. The summed E-state index contributed by atoms with van der Waals surface area (Å²) in [5.74, 6) is -2.33. The van der Waals surface area contributed by atoms with Crippen molar-refractivity contribution in [2.24, 2.45) is 0 Å². The molecule has 0 radical (unpaired) electrons. The Labute approximate surface area is 176 Å². The van der Waals surface area contributed by atoms with Crippen molar-refractivity contribution in [1.82, 2.24) is 5.32 Å². The number of hydrogen-bond acceptors (Lipinski definition) is 3. The van der Waals surface area contributed by atoms with Gasteiger partial charge in [0.1, 0.15) is 6.04 Å². The summed E-state index contributed by atoms with van der Waals surface area (Å²) in [5, 5.41) is 2.51. The molecular formula is C24H18F3NO3. The average molecular weight is 425 g/mol. The Hall–Kier alpha value is -3.61. The van der Waals surface area contributed by atoms with Crippen molar-refractivity contribution in [2.75, 3.05) is 7.11 Å². The maximum Gasteiger partial charge on any atom is 0.417 e. The monoisotopic (exact) mass is 425 g/mol. The first-order valence-corrected chi connectivity index (χ1v) is 9.56. The van der Waals surface area contributed by atoms with Gasteiger partial charge in [0.05, 0.1) is 18.2 Å². The van der Waals surface area contributed by atoms with Crippen LogP contribution in [0.1, 0.15) is 33.0 Å². The minimum absolute atomic E-state index is 0.552. The molecule has 4 nitrogen and oxygen atoms in total. The van der Waals surface area contributed by atoms with E-state index in [9.17, 15) is 22.8 Å². The highest BCUT2D eigenvalue weighted by Crippen LogP contribution is 2.46. The molecule has 0 saturated heterocycles. The molecule has 1 N–H and O–H groups in total. The number of carbonyl (C=O) groups excluding carboxylic acids is 2. The number of fused-ring (bicyclic) bond motifs is 3. The number of hydrogen-bond donors (Lipinski definition) is 1. The Morgan fingerprint density at radius 3 is 1.94 bits per heavy atom. The number of carbonyl (C=O) groups is 2. The van der Waals surface area contributed by atoms with Gasteiger partial charge in [0.15, 0.2) is 0 Å². The molecule has 0 heterocycles. The first kappa shape index (κ1) is 20.7. The summed E-state index contributed by atoms with van der Waals surface area (Å²) in [6.07, 6.45) is -4.71. The van der Waals surface area contributed by atoms with Gasteiger partial charge < -0.3 is 10.1 Å². The summed E-state index contributed by atoms with van der Waals surface area (Å²) in [5.41, 5.74) is 1.78. The molecule has 7 heteroatoms. The zero-order valence-corrected chi connectivity index (χ0v) is 16.4. The number of benzene rings is 3. The van der Waals surface area contributed by atoms with E-state index in [4.69, 9.17) is 4.74 Å². The molecule has 1 amide bonds. The highest BCUT2D eigenvalue weighted by Gasteiger charge is 2.41. The molecule has 1 aliphatic carbocycles. The molecule has 0 aliphatic heterocycles. The predicted molar refractivity (Wildman–Crippen MR) is 108 cm³/mol. The van der Waals surface area contributed by atoms with Gasteiger partial charge in [-0.1, -0.05) is 60.7 Å². The first-order chi connectivity index (χ1) is 14.8. The summed E-state index contributed by atoms with van der Waals surface area (Å²) >= 11 is 0. The number of amides is 1. The third-order valence-corrected chi connectivity index (χ3v) is 5.43. The average Bonchev–Trinajstić information content (AvgIpc) is 3.10. The minimum atomic E-state index is -4.71. The number of halogens is 3. The predicted octanol–water partition coefficient (Wildman–Crippen LogP) is 4.79. The van der Waals surface area contributed by atoms with E-state index in [1.807, 2.05) is 48.5 Å².